The molecule has 0 amide bonds. The predicted molar refractivity (Wildman–Crippen MR) is 92.6 cm³/mol. The number of nitriles is 1. The molecule has 1 heterocycles. The van der Waals surface area contributed by atoms with Gasteiger partial charge in [-0.05, 0) is 31.5 Å². The molecular weight excluding hydrogens is 346 g/mol. The monoisotopic (exact) mass is 362 g/mol. The summed E-state index contributed by atoms with van der Waals surface area (Å²) in [4.78, 5) is 12.5. The molecule has 1 atom stereocenters. The maximum Gasteiger partial charge on any atom is 0.336 e. The molecule has 2 rings (SSSR count). The van der Waals surface area contributed by atoms with Crippen LogP contribution in [0.3, 0.4) is 0 Å². The third-order valence-corrected chi connectivity index (χ3v) is 3.99. The van der Waals surface area contributed by atoms with E-state index in [0.29, 0.717) is 22.5 Å². The standard InChI is InChI=1S/C17H17ClN3O4/c1-10-14(9-19)16(12-4-3-5-13(8-12)21(23)24)15(11(2)20-10)17(22)25-7-6-18/h3-5,8,16,20,23H,6-7H2,1-2H3/q-1. The van der Waals surface area contributed by atoms with Gasteiger partial charge in [-0.25, -0.2) is 4.79 Å². The van der Waals surface area contributed by atoms with Crippen molar-refractivity contribution >= 4 is 23.3 Å². The smallest absolute Gasteiger partial charge is 0.336 e. The molecule has 0 saturated heterocycles. The van der Waals surface area contributed by atoms with E-state index >= 15 is 0 Å². The number of dihydropyridines is 1. The van der Waals surface area contributed by atoms with Crippen LogP contribution < -0.4 is 10.5 Å². The Kier molecular flexibility index (Phi) is 6.04. The van der Waals surface area contributed by atoms with Crippen molar-refractivity contribution < 1.29 is 14.7 Å². The van der Waals surface area contributed by atoms with E-state index in [-0.39, 0.29) is 29.0 Å². The van der Waals surface area contributed by atoms with Crippen LogP contribution in [0.4, 0.5) is 5.69 Å². The SMILES string of the molecule is CC1=C(C#N)C(c2cccc(N([O-])O)c2)C(C(=O)OCCCl)=C(C)N1. The van der Waals surface area contributed by atoms with E-state index in [9.17, 15) is 15.3 Å². The van der Waals surface area contributed by atoms with Crippen LogP contribution in [0.25, 0.3) is 0 Å². The zero-order valence-electron chi connectivity index (χ0n) is 13.7. The maximum atomic E-state index is 12.5. The summed E-state index contributed by atoms with van der Waals surface area (Å²) in [5, 5.41) is 32.6. The lowest BCUT2D eigenvalue weighted by molar-refractivity contribution is -0.138. The second-order valence-electron chi connectivity index (χ2n) is 5.44. The summed E-state index contributed by atoms with van der Waals surface area (Å²) in [7, 11) is 0. The van der Waals surface area contributed by atoms with Crippen LogP contribution in [0, 0.1) is 16.5 Å². The Morgan fingerprint density at radius 1 is 1.48 bits per heavy atom. The van der Waals surface area contributed by atoms with E-state index in [4.69, 9.17) is 21.5 Å². The number of rotatable bonds is 5. The molecule has 1 aliphatic rings. The van der Waals surface area contributed by atoms with Crippen LogP contribution in [0.1, 0.15) is 25.3 Å². The molecule has 0 aromatic heterocycles. The molecule has 1 unspecified atom stereocenters. The van der Waals surface area contributed by atoms with Crippen LogP contribution in [0.2, 0.25) is 0 Å². The van der Waals surface area contributed by atoms with E-state index in [1.807, 2.05) is 0 Å². The van der Waals surface area contributed by atoms with Crippen molar-refractivity contribution in [1.82, 2.24) is 5.32 Å². The fraction of sp³-hybridized carbons (Fsp3) is 0.294. The van der Waals surface area contributed by atoms with Gasteiger partial charge in [0.15, 0.2) is 0 Å². The van der Waals surface area contributed by atoms with Crippen molar-refractivity contribution in [1.29, 1.82) is 5.26 Å². The van der Waals surface area contributed by atoms with E-state index < -0.39 is 11.9 Å². The van der Waals surface area contributed by atoms with Crippen LogP contribution in [-0.4, -0.2) is 23.7 Å². The minimum atomic E-state index is -0.714. The van der Waals surface area contributed by atoms with Gasteiger partial charge in [0.25, 0.3) is 0 Å². The number of halogens is 1. The summed E-state index contributed by atoms with van der Waals surface area (Å²) >= 11 is 5.57. The highest BCUT2D eigenvalue weighted by Crippen LogP contribution is 2.39. The first-order valence-electron chi connectivity index (χ1n) is 7.48. The van der Waals surface area contributed by atoms with Crippen molar-refractivity contribution in [3.8, 4) is 6.07 Å². The first kappa shape index (κ1) is 18.8. The maximum absolute atomic E-state index is 12.5. The number of ether oxygens (including phenoxy) is 1. The quantitative estimate of drug-likeness (QED) is 0.471. The number of hydrogen-bond acceptors (Lipinski definition) is 7. The molecular formula is C17H17ClN3O4-. The average molecular weight is 363 g/mol. The molecule has 7 nitrogen and oxygen atoms in total. The molecule has 25 heavy (non-hydrogen) atoms. The number of nitrogens with zero attached hydrogens (tertiary/aromatic N) is 2. The van der Waals surface area contributed by atoms with Gasteiger partial charge in [-0.1, -0.05) is 12.1 Å². The van der Waals surface area contributed by atoms with Crippen molar-refractivity contribution in [2.75, 3.05) is 17.7 Å². The van der Waals surface area contributed by atoms with E-state index in [0.717, 1.165) is 0 Å². The van der Waals surface area contributed by atoms with Gasteiger partial charge in [0.05, 0.1) is 34.7 Å². The largest absolute Gasteiger partial charge is 0.733 e. The molecule has 8 heteroatoms. The molecule has 1 aromatic rings. The molecule has 1 aliphatic heterocycles. The Hall–Kier alpha value is -2.53. The van der Waals surface area contributed by atoms with Gasteiger partial charge in [0.2, 0.25) is 0 Å². The fourth-order valence-corrected chi connectivity index (χ4v) is 2.86. The zero-order valence-corrected chi connectivity index (χ0v) is 14.5. The summed E-state index contributed by atoms with van der Waals surface area (Å²) < 4.78 is 5.14. The number of carbonyl (C=O) groups excluding carboxylic acids is 1. The summed E-state index contributed by atoms with van der Waals surface area (Å²) in [6.07, 6.45) is 0. The summed E-state index contributed by atoms with van der Waals surface area (Å²) in [5.41, 5.74) is 2.26. The number of anilines is 1. The van der Waals surface area contributed by atoms with Gasteiger partial charge < -0.3 is 20.5 Å². The summed E-state index contributed by atoms with van der Waals surface area (Å²) in [5.74, 6) is -1.15. The van der Waals surface area contributed by atoms with Crippen molar-refractivity contribution in [2.45, 2.75) is 19.8 Å². The zero-order chi connectivity index (χ0) is 18.6. The highest BCUT2D eigenvalue weighted by atomic mass is 35.5. The highest BCUT2D eigenvalue weighted by molar-refractivity contribution is 6.18. The Labute approximate surface area is 150 Å². The first-order valence-corrected chi connectivity index (χ1v) is 8.02. The third kappa shape index (κ3) is 3.94. The Morgan fingerprint density at radius 2 is 2.20 bits per heavy atom. The highest BCUT2D eigenvalue weighted by Gasteiger charge is 2.34. The molecule has 0 aliphatic carbocycles. The summed E-state index contributed by atoms with van der Waals surface area (Å²) in [6.45, 7) is 3.48. The fourth-order valence-electron chi connectivity index (χ4n) is 2.78. The molecule has 1 aromatic carbocycles. The number of esters is 1. The van der Waals surface area contributed by atoms with Crippen LogP contribution in [0.15, 0.2) is 46.8 Å². The number of hydrogen-bond donors (Lipinski definition) is 2. The van der Waals surface area contributed by atoms with Gasteiger partial charge in [0.1, 0.15) is 6.61 Å². The molecule has 132 valence electrons. The summed E-state index contributed by atoms with van der Waals surface area (Å²) in [6, 6.07) is 8.19. The Balaban J connectivity index is 2.57. The third-order valence-electron chi connectivity index (χ3n) is 3.84. The van der Waals surface area contributed by atoms with E-state index in [1.165, 1.54) is 12.1 Å². The second kappa shape index (κ2) is 8.03. The lowest BCUT2D eigenvalue weighted by Gasteiger charge is -2.29. The predicted octanol–water partition coefficient (Wildman–Crippen LogP) is 2.92. The van der Waals surface area contributed by atoms with Gasteiger partial charge in [-0.15, -0.1) is 11.6 Å². The molecule has 0 saturated carbocycles. The average Bonchev–Trinajstić information content (AvgIpc) is 2.59. The number of benzene rings is 1. The Morgan fingerprint density at radius 3 is 2.80 bits per heavy atom. The minimum Gasteiger partial charge on any atom is -0.733 e. The second-order valence-corrected chi connectivity index (χ2v) is 5.82. The lowest BCUT2D eigenvalue weighted by atomic mass is 9.81. The minimum absolute atomic E-state index is 0.00268. The number of carbonyl (C=O) groups is 1. The van der Waals surface area contributed by atoms with Gasteiger partial charge in [-0.2, -0.15) is 5.26 Å². The first-order chi connectivity index (χ1) is 11.9. The van der Waals surface area contributed by atoms with Crippen LogP contribution in [0.5, 0.6) is 0 Å². The van der Waals surface area contributed by atoms with Crippen LogP contribution >= 0.6 is 11.6 Å². The van der Waals surface area contributed by atoms with Crippen LogP contribution in [-0.2, 0) is 9.53 Å². The van der Waals surface area contributed by atoms with Crippen molar-refractivity contribution in [3.05, 3.63) is 57.6 Å². The van der Waals surface area contributed by atoms with Gasteiger partial charge >= 0.3 is 5.97 Å². The van der Waals surface area contributed by atoms with Crippen molar-refractivity contribution in [2.24, 2.45) is 0 Å². The van der Waals surface area contributed by atoms with E-state index in [1.54, 1.807) is 26.0 Å². The molecule has 0 fully saturated rings. The normalized spacial score (nSPS) is 17.0. The van der Waals surface area contributed by atoms with E-state index in [2.05, 4.69) is 11.4 Å². The number of alkyl halides is 1. The number of allylic oxidation sites excluding steroid dienone is 3. The number of nitrogens with one attached hydrogen (secondary N) is 1. The molecule has 0 bridgehead atoms. The molecule has 2 N–H and O–H groups in total. The molecule has 0 spiro atoms. The van der Waals surface area contributed by atoms with Gasteiger partial charge in [0, 0.05) is 11.4 Å². The molecule has 0 radical (unpaired) electrons. The lowest BCUT2D eigenvalue weighted by Crippen LogP contribution is -2.29. The topological polar surface area (TPSA) is 109 Å². The van der Waals surface area contributed by atoms with Gasteiger partial charge in [-0.3, -0.25) is 5.21 Å². The Bertz CT molecular complexity index is 780. The van der Waals surface area contributed by atoms with Crippen molar-refractivity contribution in [3.63, 3.8) is 0 Å².